The smallest absolute Gasteiger partial charge is 0.245 e. The quantitative estimate of drug-likeness (QED) is 0.730. The maximum atomic E-state index is 4.76. The van der Waals surface area contributed by atoms with Gasteiger partial charge in [-0.15, -0.1) is 0 Å². The topological polar surface area (TPSA) is 83.2 Å². The minimum absolute atomic E-state index is 0.396. The van der Waals surface area contributed by atoms with Crippen molar-refractivity contribution in [2.75, 3.05) is 43.4 Å². The van der Waals surface area contributed by atoms with E-state index in [1.807, 2.05) is 24.3 Å². The fourth-order valence-corrected chi connectivity index (χ4v) is 2.89. The van der Waals surface area contributed by atoms with Gasteiger partial charge in [-0.2, -0.15) is 0 Å². The number of nitrogens with one attached hydrogen (secondary N) is 1. The van der Waals surface area contributed by atoms with Crippen LogP contribution in [0.2, 0.25) is 0 Å². The second-order valence-electron chi connectivity index (χ2n) is 5.73. The van der Waals surface area contributed by atoms with Crippen molar-refractivity contribution in [1.82, 2.24) is 25.2 Å². The van der Waals surface area contributed by atoms with Gasteiger partial charge in [-0.25, -0.2) is 14.6 Å². The van der Waals surface area contributed by atoms with Crippen LogP contribution in [0.5, 0.6) is 0 Å². The second kappa shape index (κ2) is 6.33. The molecule has 1 N–H and O–H groups in total. The Morgan fingerprint density at radius 3 is 2.38 bits per heavy atom. The van der Waals surface area contributed by atoms with Crippen LogP contribution in [0.15, 0.2) is 33.4 Å². The molecule has 0 radical (unpaired) electrons. The van der Waals surface area contributed by atoms with Crippen LogP contribution in [-0.4, -0.2) is 58.4 Å². The number of likely N-dealkylation sites (N-methyl/N-ethyl adjacent to an activating group) is 1. The van der Waals surface area contributed by atoms with Crippen molar-refractivity contribution in [2.45, 2.75) is 0 Å². The van der Waals surface area contributed by atoms with Gasteiger partial charge in [0.2, 0.25) is 11.3 Å². The molecule has 0 spiro atoms. The van der Waals surface area contributed by atoms with Crippen molar-refractivity contribution in [2.24, 2.45) is 0 Å². The SMILES string of the molecule is CN1CCN(c2nc3nonc3nc2Nc2ccc(Br)cc2)CC1. The highest BCUT2D eigenvalue weighted by atomic mass is 79.9. The molecule has 4 rings (SSSR count). The summed E-state index contributed by atoms with van der Waals surface area (Å²) >= 11 is 3.44. The third-order valence-electron chi connectivity index (χ3n) is 4.01. The molecule has 1 fully saturated rings. The van der Waals surface area contributed by atoms with Gasteiger partial charge in [0.15, 0.2) is 11.6 Å². The van der Waals surface area contributed by atoms with E-state index < -0.39 is 0 Å². The summed E-state index contributed by atoms with van der Waals surface area (Å²) in [7, 11) is 2.12. The zero-order valence-electron chi connectivity index (χ0n) is 13.1. The molecular weight excluding hydrogens is 374 g/mol. The summed E-state index contributed by atoms with van der Waals surface area (Å²) in [5.41, 5.74) is 1.75. The monoisotopic (exact) mass is 389 g/mol. The van der Waals surface area contributed by atoms with Crippen LogP contribution in [0.4, 0.5) is 17.3 Å². The molecule has 3 heterocycles. The van der Waals surface area contributed by atoms with Gasteiger partial charge in [-0.3, -0.25) is 0 Å². The molecule has 9 heteroatoms. The first-order valence-electron chi connectivity index (χ1n) is 7.65. The van der Waals surface area contributed by atoms with Crippen LogP contribution in [0.1, 0.15) is 0 Å². The van der Waals surface area contributed by atoms with E-state index in [9.17, 15) is 0 Å². The van der Waals surface area contributed by atoms with Crippen molar-refractivity contribution in [1.29, 1.82) is 0 Å². The number of hydrogen-bond donors (Lipinski definition) is 1. The summed E-state index contributed by atoms with van der Waals surface area (Å²) < 4.78 is 5.78. The number of nitrogens with zero attached hydrogens (tertiary/aromatic N) is 6. The van der Waals surface area contributed by atoms with E-state index in [4.69, 9.17) is 4.63 Å². The Kier molecular flexibility index (Phi) is 4.03. The first-order valence-corrected chi connectivity index (χ1v) is 8.45. The van der Waals surface area contributed by atoms with E-state index in [0.717, 1.165) is 42.2 Å². The Hall–Kier alpha value is -2.26. The lowest BCUT2D eigenvalue weighted by molar-refractivity contribution is 0.311. The van der Waals surface area contributed by atoms with Crippen LogP contribution >= 0.6 is 15.9 Å². The summed E-state index contributed by atoms with van der Waals surface area (Å²) in [6.07, 6.45) is 0. The average Bonchev–Trinajstić information content (AvgIpc) is 3.04. The molecule has 0 bridgehead atoms. The van der Waals surface area contributed by atoms with Crippen molar-refractivity contribution < 1.29 is 4.63 Å². The summed E-state index contributed by atoms with van der Waals surface area (Å²) in [6, 6.07) is 7.90. The lowest BCUT2D eigenvalue weighted by Gasteiger charge is -2.33. The molecule has 2 aromatic heterocycles. The molecule has 0 aliphatic carbocycles. The summed E-state index contributed by atoms with van der Waals surface area (Å²) in [4.78, 5) is 13.6. The molecule has 0 amide bonds. The summed E-state index contributed by atoms with van der Waals surface area (Å²) in [6.45, 7) is 3.73. The first kappa shape index (κ1) is 15.3. The van der Waals surface area contributed by atoms with Crippen LogP contribution < -0.4 is 10.2 Å². The van der Waals surface area contributed by atoms with Gasteiger partial charge < -0.3 is 15.1 Å². The van der Waals surface area contributed by atoms with Gasteiger partial charge >= 0.3 is 0 Å². The van der Waals surface area contributed by atoms with Crippen LogP contribution in [-0.2, 0) is 0 Å². The first-order chi connectivity index (χ1) is 11.7. The number of anilines is 3. The molecule has 1 aliphatic heterocycles. The second-order valence-corrected chi connectivity index (χ2v) is 6.65. The number of rotatable bonds is 3. The lowest BCUT2D eigenvalue weighted by atomic mass is 10.3. The average molecular weight is 390 g/mol. The normalized spacial score (nSPS) is 15.8. The van der Waals surface area contributed by atoms with Gasteiger partial charge in [0, 0.05) is 36.3 Å². The maximum Gasteiger partial charge on any atom is 0.245 e. The number of hydrogen-bond acceptors (Lipinski definition) is 8. The Morgan fingerprint density at radius 1 is 1.00 bits per heavy atom. The van der Waals surface area contributed by atoms with E-state index >= 15 is 0 Å². The highest BCUT2D eigenvalue weighted by molar-refractivity contribution is 9.10. The predicted octanol–water partition coefficient (Wildman–Crippen LogP) is 2.27. The van der Waals surface area contributed by atoms with Gasteiger partial charge in [0.05, 0.1) is 0 Å². The van der Waals surface area contributed by atoms with Crippen LogP contribution in [0, 0.1) is 0 Å². The summed E-state index contributed by atoms with van der Waals surface area (Å²) in [5, 5.41) is 10.9. The van der Waals surface area contributed by atoms with Crippen LogP contribution in [0.3, 0.4) is 0 Å². The zero-order chi connectivity index (χ0) is 16.5. The molecule has 24 heavy (non-hydrogen) atoms. The van der Waals surface area contributed by atoms with Gasteiger partial charge in [-0.1, -0.05) is 15.9 Å². The lowest BCUT2D eigenvalue weighted by Crippen LogP contribution is -2.45. The number of fused-ring (bicyclic) bond motifs is 1. The molecule has 1 aromatic carbocycles. The standard InChI is InChI=1S/C15H16BrN7O/c1-22-6-8-23(9-7-22)15-14(17-11-4-2-10(16)3-5-11)18-12-13(19-15)21-24-20-12/h2-5H,6-9H2,1H3,(H,17,18,20). The predicted molar refractivity (Wildman–Crippen MR) is 94.5 cm³/mol. The fourth-order valence-electron chi connectivity index (χ4n) is 2.62. The fraction of sp³-hybridized carbons (Fsp3) is 0.333. The molecule has 124 valence electrons. The van der Waals surface area contributed by atoms with Crippen LogP contribution in [0.25, 0.3) is 11.3 Å². The minimum atomic E-state index is 0.396. The molecule has 1 aliphatic rings. The van der Waals surface area contributed by atoms with E-state index in [2.05, 4.69) is 58.4 Å². The number of piperazine rings is 1. The molecule has 0 unspecified atom stereocenters. The van der Waals surface area contributed by atoms with E-state index in [0.29, 0.717) is 17.1 Å². The minimum Gasteiger partial charge on any atom is -0.351 e. The zero-order valence-corrected chi connectivity index (χ0v) is 14.7. The van der Waals surface area contributed by atoms with Crippen molar-refractivity contribution in [3.63, 3.8) is 0 Å². The van der Waals surface area contributed by atoms with E-state index in [1.54, 1.807) is 0 Å². The molecule has 0 atom stereocenters. The molecular formula is C15H16BrN7O. The molecule has 8 nitrogen and oxygen atoms in total. The van der Waals surface area contributed by atoms with E-state index in [1.165, 1.54) is 0 Å². The highest BCUT2D eigenvalue weighted by Crippen LogP contribution is 2.28. The third-order valence-corrected chi connectivity index (χ3v) is 4.53. The van der Waals surface area contributed by atoms with Gasteiger partial charge in [-0.05, 0) is 41.6 Å². The highest BCUT2D eigenvalue weighted by Gasteiger charge is 2.21. The maximum absolute atomic E-state index is 4.76. The van der Waals surface area contributed by atoms with Gasteiger partial charge in [0.25, 0.3) is 0 Å². The Morgan fingerprint density at radius 2 is 1.67 bits per heavy atom. The Balaban J connectivity index is 1.71. The largest absolute Gasteiger partial charge is 0.351 e. The summed E-state index contributed by atoms with van der Waals surface area (Å²) in [5.74, 6) is 1.43. The van der Waals surface area contributed by atoms with Crippen molar-refractivity contribution in [3.8, 4) is 0 Å². The van der Waals surface area contributed by atoms with E-state index in [-0.39, 0.29) is 0 Å². The number of benzene rings is 1. The number of halogens is 1. The Bertz CT molecular complexity index is 843. The Labute approximate surface area is 147 Å². The molecule has 0 saturated carbocycles. The molecule has 1 saturated heterocycles. The molecule has 3 aromatic rings. The van der Waals surface area contributed by atoms with Gasteiger partial charge in [0.1, 0.15) is 0 Å². The third kappa shape index (κ3) is 3.04. The number of aromatic nitrogens is 4. The van der Waals surface area contributed by atoms with Crippen molar-refractivity contribution >= 4 is 44.5 Å². The van der Waals surface area contributed by atoms with Crippen molar-refractivity contribution in [3.05, 3.63) is 28.7 Å².